The maximum atomic E-state index is 13.5. The fourth-order valence-electron chi connectivity index (χ4n) is 3.87. The zero-order valence-electron chi connectivity index (χ0n) is 19.0. The molecule has 0 spiro atoms. The summed E-state index contributed by atoms with van der Waals surface area (Å²) in [6.07, 6.45) is -8.42. The summed E-state index contributed by atoms with van der Waals surface area (Å²) in [7, 11) is 2.55. The van der Waals surface area contributed by atoms with Crippen molar-refractivity contribution in [1.82, 2.24) is 0 Å². The van der Waals surface area contributed by atoms with E-state index in [-0.39, 0.29) is 39.5 Å². The van der Waals surface area contributed by atoms with E-state index in [0.29, 0.717) is 0 Å². The molecule has 1 aromatic heterocycles. The Bertz CT molecular complexity index is 1310. The highest BCUT2D eigenvalue weighted by Crippen LogP contribution is 2.43. The highest BCUT2D eigenvalue weighted by atomic mass is 16.7. The molecule has 7 N–H and O–H groups in total. The molecular weight excluding hydrogens is 484 g/mol. The van der Waals surface area contributed by atoms with E-state index in [1.54, 1.807) is 0 Å². The Labute approximate surface area is 202 Å². The zero-order chi connectivity index (χ0) is 26.3. The van der Waals surface area contributed by atoms with Crippen LogP contribution in [0.15, 0.2) is 33.5 Å². The first-order valence-corrected chi connectivity index (χ1v) is 10.6. The topological polar surface area (TPSA) is 209 Å². The fourth-order valence-corrected chi connectivity index (χ4v) is 3.87. The number of aliphatic hydroxyl groups is 4. The molecule has 0 amide bonds. The molecule has 0 aliphatic carbocycles. The van der Waals surface area contributed by atoms with Crippen LogP contribution in [0, 0.1) is 0 Å². The molecule has 2 aromatic carbocycles. The van der Waals surface area contributed by atoms with Crippen LogP contribution in [0.1, 0.15) is 0 Å². The molecule has 3 aromatic rings. The van der Waals surface area contributed by atoms with Gasteiger partial charge in [0.05, 0.1) is 20.8 Å². The Morgan fingerprint density at radius 2 is 1.56 bits per heavy atom. The first-order valence-electron chi connectivity index (χ1n) is 10.6. The molecule has 36 heavy (non-hydrogen) atoms. The van der Waals surface area contributed by atoms with Crippen molar-refractivity contribution in [2.45, 2.75) is 30.7 Å². The van der Waals surface area contributed by atoms with Crippen LogP contribution in [0.3, 0.4) is 0 Å². The van der Waals surface area contributed by atoms with Gasteiger partial charge < -0.3 is 59.1 Å². The number of hydrogen-bond acceptors (Lipinski definition) is 13. The molecule has 2 heterocycles. The minimum Gasteiger partial charge on any atom is -0.508 e. The van der Waals surface area contributed by atoms with Crippen LogP contribution in [0.4, 0.5) is 0 Å². The third kappa shape index (κ3) is 4.23. The van der Waals surface area contributed by atoms with Crippen molar-refractivity contribution in [3.8, 4) is 45.8 Å². The summed E-state index contributed by atoms with van der Waals surface area (Å²) in [4.78, 5) is 13.5. The first kappa shape index (κ1) is 25.3. The number of benzene rings is 2. The molecule has 13 nitrogen and oxygen atoms in total. The smallest absolute Gasteiger partial charge is 0.239 e. The van der Waals surface area contributed by atoms with Crippen molar-refractivity contribution >= 4 is 11.0 Å². The Kier molecular flexibility index (Phi) is 6.84. The Morgan fingerprint density at radius 1 is 0.917 bits per heavy atom. The van der Waals surface area contributed by atoms with E-state index in [1.165, 1.54) is 26.4 Å². The van der Waals surface area contributed by atoms with E-state index < -0.39 is 60.0 Å². The van der Waals surface area contributed by atoms with Crippen LogP contribution in [0.2, 0.25) is 0 Å². The molecule has 1 fully saturated rings. The maximum Gasteiger partial charge on any atom is 0.239 e. The SMILES string of the molecule is COc1cc(-c2oc3cc(O)cc(O)c3c(=O)c2O[C@H]2OC(CO)[C@@H](O)[C@H](O)C2O)cc(OC)c1O. The van der Waals surface area contributed by atoms with Gasteiger partial charge in [-0.15, -0.1) is 0 Å². The van der Waals surface area contributed by atoms with Gasteiger partial charge in [-0.3, -0.25) is 4.79 Å². The molecule has 0 saturated carbocycles. The Balaban J connectivity index is 1.96. The average Bonchev–Trinajstić information content (AvgIpc) is 2.85. The zero-order valence-corrected chi connectivity index (χ0v) is 19.0. The molecule has 194 valence electrons. The molecule has 1 aliphatic rings. The highest BCUT2D eigenvalue weighted by Gasteiger charge is 2.45. The second kappa shape index (κ2) is 9.72. The van der Waals surface area contributed by atoms with Crippen molar-refractivity contribution in [2.75, 3.05) is 20.8 Å². The lowest BCUT2D eigenvalue weighted by Gasteiger charge is -2.39. The molecule has 13 heteroatoms. The van der Waals surface area contributed by atoms with Crippen molar-refractivity contribution in [3.63, 3.8) is 0 Å². The highest BCUT2D eigenvalue weighted by molar-refractivity contribution is 5.88. The van der Waals surface area contributed by atoms with Gasteiger partial charge in [0.15, 0.2) is 17.3 Å². The molecule has 4 rings (SSSR count). The third-order valence-electron chi connectivity index (χ3n) is 5.74. The summed E-state index contributed by atoms with van der Waals surface area (Å²) in [6, 6.07) is 4.55. The van der Waals surface area contributed by atoms with Crippen LogP contribution in [-0.4, -0.2) is 87.3 Å². The lowest BCUT2D eigenvalue weighted by atomic mass is 9.99. The first-order chi connectivity index (χ1) is 17.1. The quantitative estimate of drug-likeness (QED) is 0.230. The summed E-state index contributed by atoms with van der Waals surface area (Å²) in [5, 5.41) is 70.1. The van der Waals surface area contributed by atoms with Crippen molar-refractivity contribution in [3.05, 3.63) is 34.5 Å². The summed E-state index contributed by atoms with van der Waals surface area (Å²) in [5.74, 6) is -2.44. The minimum atomic E-state index is -1.86. The Morgan fingerprint density at radius 3 is 2.14 bits per heavy atom. The molecule has 5 atom stereocenters. The number of rotatable bonds is 6. The van der Waals surface area contributed by atoms with E-state index in [1.807, 2.05) is 0 Å². The number of methoxy groups -OCH3 is 2. The maximum absolute atomic E-state index is 13.5. The van der Waals surface area contributed by atoms with Gasteiger partial charge in [-0.25, -0.2) is 0 Å². The largest absolute Gasteiger partial charge is 0.508 e. The molecular formula is C23H24O13. The monoisotopic (exact) mass is 508 g/mol. The van der Waals surface area contributed by atoms with Crippen LogP contribution < -0.4 is 19.6 Å². The average molecular weight is 508 g/mol. The van der Waals surface area contributed by atoms with E-state index >= 15 is 0 Å². The molecule has 1 aliphatic heterocycles. The van der Waals surface area contributed by atoms with Crippen molar-refractivity contribution in [2.24, 2.45) is 0 Å². The van der Waals surface area contributed by atoms with Gasteiger partial charge >= 0.3 is 0 Å². The van der Waals surface area contributed by atoms with Gasteiger partial charge in [0.1, 0.15) is 46.9 Å². The summed E-state index contributed by atoms with van der Waals surface area (Å²) in [5.41, 5.74) is -1.12. The number of fused-ring (bicyclic) bond motifs is 1. The van der Waals surface area contributed by atoms with Crippen LogP contribution in [0.5, 0.6) is 34.5 Å². The van der Waals surface area contributed by atoms with E-state index in [4.69, 9.17) is 23.4 Å². The lowest BCUT2D eigenvalue weighted by molar-refractivity contribution is -0.277. The lowest BCUT2D eigenvalue weighted by Crippen LogP contribution is -2.60. The number of aromatic hydroxyl groups is 3. The van der Waals surface area contributed by atoms with Gasteiger partial charge in [-0.05, 0) is 12.1 Å². The minimum absolute atomic E-state index is 0.0651. The van der Waals surface area contributed by atoms with Crippen LogP contribution in [0.25, 0.3) is 22.3 Å². The van der Waals surface area contributed by atoms with Crippen molar-refractivity contribution in [1.29, 1.82) is 0 Å². The van der Waals surface area contributed by atoms with Crippen LogP contribution in [-0.2, 0) is 4.74 Å². The second-order valence-corrected chi connectivity index (χ2v) is 7.97. The van der Waals surface area contributed by atoms with E-state index in [9.17, 15) is 40.5 Å². The predicted molar refractivity (Wildman–Crippen MR) is 120 cm³/mol. The fraction of sp³-hybridized carbons (Fsp3) is 0.348. The molecule has 0 bridgehead atoms. The second-order valence-electron chi connectivity index (χ2n) is 7.97. The van der Waals surface area contributed by atoms with Gasteiger partial charge in [-0.2, -0.15) is 0 Å². The number of phenolic OH excluding ortho intramolecular Hbond substituents is 3. The number of phenols is 3. The Hall–Kier alpha value is -3.75. The number of aliphatic hydroxyl groups excluding tert-OH is 4. The van der Waals surface area contributed by atoms with Crippen LogP contribution >= 0.6 is 0 Å². The summed E-state index contributed by atoms with van der Waals surface area (Å²) in [6.45, 7) is -0.740. The van der Waals surface area contributed by atoms with E-state index in [2.05, 4.69) is 0 Å². The predicted octanol–water partition coefficient (Wildman–Crippen LogP) is -0.227. The third-order valence-corrected chi connectivity index (χ3v) is 5.74. The summed E-state index contributed by atoms with van der Waals surface area (Å²) < 4.78 is 27.1. The van der Waals surface area contributed by atoms with Gasteiger partial charge in [0, 0.05) is 17.7 Å². The van der Waals surface area contributed by atoms with Gasteiger partial charge in [-0.1, -0.05) is 0 Å². The molecule has 1 saturated heterocycles. The number of hydrogen-bond donors (Lipinski definition) is 7. The normalized spacial score (nSPS) is 24.0. The van der Waals surface area contributed by atoms with E-state index in [0.717, 1.165) is 12.1 Å². The van der Waals surface area contributed by atoms with Gasteiger partial charge in [0.25, 0.3) is 0 Å². The molecule has 2 unspecified atom stereocenters. The van der Waals surface area contributed by atoms with Crippen molar-refractivity contribution < 1.29 is 59.1 Å². The van der Waals surface area contributed by atoms with Gasteiger partial charge in [0.2, 0.25) is 23.2 Å². The number of ether oxygens (including phenoxy) is 4. The summed E-state index contributed by atoms with van der Waals surface area (Å²) >= 11 is 0. The molecule has 0 radical (unpaired) electrons. The standard InChI is InChI=1S/C23H24O13/c1-32-12-3-8(4-13(33-2)16(12)27)21-22(18(29)15-10(26)5-9(25)6-11(15)34-21)36-23-20(31)19(30)17(28)14(7-24)35-23/h3-6,14,17,19-20,23-28,30-31H,7H2,1-2H3/t14?,17-,19+,20?,23-/m1/s1.